The second kappa shape index (κ2) is 6.52. The fraction of sp³-hybridized carbons (Fsp3) is 0.600. The van der Waals surface area contributed by atoms with Crippen molar-refractivity contribution in [2.75, 3.05) is 19.0 Å². The van der Waals surface area contributed by atoms with Crippen LogP contribution in [0.1, 0.15) is 49.4 Å². The summed E-state index contributed by atoms with van der Waals surface area (Å²) in [5.74, 6) is 2.85. The van der Waals surface area contributed by atoms with Crippen molar-refractivity contribution in [2.45, 2.75) is 43.8 Å². The summed E-state index contributed by atoms with van der Waals surface area (Å²) in [6.45, 7) is 0.611. The van der Waals surface area contributed by atoms with E-state index in [0.717, 1.165) is 24.5 Å². The lowest BCUT2D eigenvalue weighted by Gasteiger charge is -2.14. The molecule has 24 heavy (non-hydrogen) atoms. The zero-order chi connectivity index (χ0) is 16.5. The highest BCUT2D eigenvalue weighted by atomic mass is 35.5. The molecule has 0 amide bonds. The molecule has 0 unspecified atom stereocenters. The molecule has 9 heteroatoms. The molecule has 2 aliphatic rings. The third-order valence-corrected chi connectivity index (χ3v) is 4.55. The first-order chi connectivity index (χ1) is 11.7. The molecule has 4 rings (SSSR count). The van der Waals surface area contributed by atoms with Crippen LogP contribution in [0.2, 0.25) is 5.02 Å². The number of aromatic amines is 1. The first-order valence-corrected chi connectivity index (χ1v) is 8.48. The average molecular weight is 351 g/mol. The van der Waals surface area contributed by atoms with E-state index in [1.54, 1.807) is 0 Å². The number of hydrogen-bond donors (Lipinski definition) is 2. The summed E-state index contributed by atoms with van der Waals surface area (Å²) in [7, 11) is 1.52. The molecular formula is C15H19ClN6O2. The number of ether oxygens (including phenoxy) is 2. The van der Waals surface area contributed by atoms with E-state index in [4.69, 9.17) is 21.1 Å². The molecule has 8 nitrogen and oxygen atoms in total. The van der Waals surface area contributed by atoms with Crippen molar-refractivity contribution >= 4 is 17.4 Å². The summed E-state index contributed by atoms with van der Waals surface area (Å²) in [4.78, 5) is 12.7. The number of nitrogens with zero attached hydrogens (tertiary/aromatic N) is 4. The monoisotopic (exact) mass is 350 g/mol. The Morgan fingerprint density at radius 2 is 2.21 bits per heavy atom. The molecular weight excluding hydrogens is 332 g/mol. The number of methoxy groups -OCH3 is 1. The van der Waals surface area contributed by atoms with Gasteiger partial charge in [0.15, 0.2) is 17.5 Å². The molecule has 2 aromatic rings. The summed E-state index contributed by atoms with van der Waals surface area (Å²) in [6, 6.07) is 0.279. The Hall–Kier alpha value is -1.93. The number of anilines is 1. The highest BCUT2D eigenvalue weighted by Gasteiger charge is 2.32. The predicted molar refractivity (Wildman–Crippen MR) is 87.3 cm³/mol. The SMILES string of the molecule is COc1ncc(Cl)c(NC[C@H]2CC[C@@H](c3nc(C4CC4)n[nH]3)O2)n1. The highest BCUT2D eigenvalue weighted by molar-refractivity contribution is 6.32. The normalized spacial score (nSPS) is 23.4. The largest absolute Gasteiger partial charge is 0.467 e. The second-order valence-electron chi connectivity index (χ2n) is 6.11. The van der Waals surface area contributed by atoms with Crippen molar-refractivity contribution in [2.24, 2.45) is 0 Å². The Bertz CT molecular complexity index is 720. The van der Waals surface area contributed by atoms with E-state index in [-0.39, 0.29) is 18.2 Å². The van der Waals surface area contributed by atoms with Crippen molar-refractivity contribution in [1.29, 1.82) is 0 Å². The summed E-state index contributed by atoms with van der Waals surface area (Å²) in [6.07, 6.45) is 5.82. The van der Waals surface area contributed by atoms with Crippen LogP contribution in [-0.2, 0) is 4.74 Å². The van der Waals surface area contributed by atoms with Gasteiger partial charge in [-0.15, -0.1) is 0 Å². The smallest absolute Gasteiger partial charge is 0.318 e. The summed E-state index contributed by atoms with van der Waals surface area (Å²) < 4.78 is 11.1. The Labute approximate surface area is 144 Å². The van der Waals surface area contributed by atoms with E-state index in [1.165, 1.54) is 26.1 Å². The van der Waals surface area contributed by atoms with Crippen LogP contribution in [-0.4, -0.2) is 44.9 Å². The summed E-state index contributed by atoms with van der Waals surface area (Å²) in [5, 5.41) is 11.0. The van der Waals surface area contributed by atoms with Gasteiger partial charge >= 0.3 is 6.01 Å². The van der Waals surface area contributed by atoms with Crippen molar-refractivity contribution in [3.8, 4) is 6.01 Å². The third-order valence-electron chi connectivity index (χ3n) is 4.28. The van der Waals surface area contributed by atoms with Gasteiger partial charge in [0.1, 0.15) is 11.1 Å². The minimum atomic E-state index is -0.0211. The maximum atomic E-state index is 6.09. The first-order valence-electron chi connectivity index (χ1n) is 8.11. The third kappa shape index (κ3) is 3.29. The van der Waals surface area contributed by atoms with Gasteiger partial charge in [0, 0.05) is 12.5 Å². The maximum Gasteiger partial charge on any atom is 0.318 e. The topological polar surface area (TPSA) is 97.8 Å². The van der Waals surface area contributed by atoms with Gasteiger partial charge in [-0.3, -0.25) is 5.10 Å². The Morgan fingerprint density at radius 3 is 3.00 bits per heavy atom. The number of H-pyrrole nitrogens is 1. The van der Waals surface area contributed by atoms with Crippen molar-refractivity contribution in [3.63, 3.8) is 0 Å². The molecule has 2 N–H and O–H groups in total. The Balaban J connectivity index is 1.33. The molecule has 2 fully saturated rings. The van der Waals surface area contributed by atoms with E-state index >= 15 is 0 Å². The molecule has 2 atom stereocenters. The molecule has 0 bridgehead atoms. The fourth-order valence-corrected chi connectivity index (χ4v) is 2.95. The van der Waals surface area contributed by atoms with Gasteiger partial charge < -0.3 is 14.8 Å². The van der Waals surface area contributed by atoms with Crippen LogP contribution < -0.4 is 10.1 Å². The van der Waals surface area contributed by atoms with Gasteiger partial charge in [0.25, 0.3) is 0 Å². The molecule has 0 spiro atoms. The zero-order valence-corrected chi connectivity index (χ0v) is 14.1. The number of aromatic nitrogens is 5. The quantitative estimate of drug-likeness (QED) is 0.825. The van der Waals surface area contributed by atoms with Crippen LogP contribution in [0.15, 0.2) is 6.20 Å². The van der Waals surface area contributed by atoms with Crippen LogP contribution in [0.25, 0.3) is 0 Å². The van der Waals surface area contributed by atoms with E-state index in [9.17, 15) is 0 Å². The second-order valence-corrected chi connectivity index (χ2v) is 6.52. The Kier molecular flexibility index (Phi) is 4.24. The number of hydrogen-bond acceptors (Lipinski definition) is 7. The van der Waals surface area contributed by atoms with E-state index in [2.05, 4.69) is 30.5 Å². The predicted octanol–water partition coefficient (Wildman–Crippen LogP) is 2.47. The molecule has 1 saturated heterocycles. The van der Waals surface area contributed by atoms with Crippen molar-refractivity contribution in [1.82, 2.24) is 25.1 Å². The van der Waals surface area contributed by atoms with Crippen LogP contribution in [0.4, 0.5) is 5.82 Å². The lowest BCUT2D eigenvalue weighted by atomic mass is 10.2. The van der Waals surface area contributed by atoms with Crippen LogP contribution >= 0.6 is 11.6 Å². The molecule has 0 radical (unpaired) electrons. The van der Waals surface area contributed by atoms with Crippen molar-refractivity contribution in [3.05, 3.63) is 22.9 Å². The van der Waals surface area contributed by atoms with Crippen LogP contribution in [0.5, 0.6) is 6.01 Å². The van der Waals surface area contributed by atoms with Gasteiger partial charge in [0.05, 0.1) is 19.4 Å². The first kappa shape index (κ1) is 15.6. The van der Waals surface area contributed by atoms with Gasteiger partial charge in [-0.05, 0) is 25.7 Å². The zero-order valence-electron chi connectivity index (χ0n) is 13.3. The summed E-state index contributed by atoms with van der Waals surface area (Å²) >= 11 is 6.09. The van der Waals surface area contributed by atoms with E-state index in [0.29, 0.717) is 23.3 Å². The molecule has 3 heterocycles. The number of rotatable bonds is 6. The van der Waals surface area contributed by atoms with E-state index in [1.807, 2.05) is 0 Å². The van der Waals surface area contributed by atoms with E-state index < -0.39 is 0 Å². The van der Waals surface area contributed by atoms with Gasteiger partial charge in [0.2, 0.25) is 0 Å². The fourth-order valence-electron chi connectivity index (χ4n) is 2.80. The summed E-state index contributed by atoms with van der Waals surface area (Å²) in [5.41, 5.74) is 0. The number of halogens is 1. The van der Waals surface area contributed by atoms with Crippen molar-refractivity contribution < 1.29 is 9.47 Å². The lowest BCUT2D eigenvalue weighted by molar-refractivity contribution is 0.0471. The molecule has 1 saturated carbocycles. The van der Waals surface area contributed by atoms with Crippen LogP contribution in [0.3, 0.4) is 0 Å². The standard InChI is InChI=1S/C15H19ClN6O2/c1-23-15-18-7-10(16)13(20-15)17-6-9-4-5-11(24-9)14-19-12(21-22-14)8-2-3-8/h7-9,11H,2-6H2,1H3,(H,17,18,20)(H,19,21,22)/t9-,11+/m1/s1. The minimum Gasteiger partial charge on any atom is -0.467 e. The highest BCUT2D eigenvalue weighted by Crippen LogP contribution is 2.39. The molecule has 1 aliphatic carbocycles. The lowest BCUT2D eigenvalue weighted by Crippen LogP contribution is -2.20. The minimum absolute atomic E-state index is 0.0211. The van der Waals surface area contributed by atoms with Gasteiger partial charge in [-0.25, -0.2) is 9.97 Å². The molecule has 1 aliphatic heterocycles. The van der Waals surface area contributed by atoms with Gasteiger partial charge in [-0.1, -0.05) is 11.6 Å². The Morgan fingerprint density at radius 1 is 1.33 bits per heavy atom. The van der Waals surface area contributed by atoms with Gasteiger partial charge in [-0.2, -0.15) is 10.1 Å². The average Bonchev–Trinajstić information content (AvgIpc) is 3.14. The molecule has 0 aromatic carbocycles. The maximum absolute atomic E-state index is 6.09. The van der Waals surface area contributed by atoms with Crippen LogP contribution in [0, 0.1) is 0 Å². The number of nitrogens with one attached hydrogen (secondary N) is 2. The molecule has 2 aromatic heterocycles. The molecule has 128 valence electrons.